The lowest BCUT2D eigenvalue weighted by Crippen LogP contribution is -2.53. The highest BCUT2D eigenvalue weighted by molar-refractivity contribution is 7.92. The molecule has 2 atom stereocenters. The van der Waals surface area contributed by atoms with E-state index in [1.165, 1.54) is 35.2 Å². The molecule has 0 fully saturated rings. The molecule has 0 spiro atoms. The van der Waals surface area contributed by atoms with Crippen LogP contribution in [0.5, 0.6) is 0 Å². The molecule has 41 heavy (non-hydrogen) atoms. The zero-order valence-corrected chi connectivity index (χ0v) is 26.5. The number of nitrogens with one attached hydrogen (secondary N) is 1. The van der Waals surface area contributed by atoms with Crippen LogP contribution in [0.4, 0.5) is 5.69 Å². The minimum atomic E-state index is -4.22. The highest BCUT2D eigenvalue weighted by Crippen LogP contribution is 2.31. The summed E-state index contributed by atoms with van der Waals surface area (Å²) in [6.07, 6.45) is 1.03. The van der Waals surface area contributed by atoms with E-state index in [4.69, 9.17) is 34.8 Å². The van der Waals surface area contributed by atoms with E-state index >= 15 is 0 Å². The Morgan fingerprint density at radius 1 is 0.878 bits per heavy atom. The summed E-state index contributed by atoms with van der Waals surface area (Å²) in [5, 5.41) is 3.86. The third kappa shape index (κ3) is 8.38. The van der Waals surface area contributed by atoms with Crippen molar-refractivity contribution < 1.29 is 18.0 Å². The maximum absolute atomic E-state index is 14.1. The lowest BCUT2D eigenvalue weighted by atomic mass is 10.1. The molecule has 7 nitrogen and oxygen atoms in total. The second-order valence-electron chi connectivity index (χ2n) is 9.81. The number of halogens is 3. The number of amides is 2. The Bertz CT molecular complexity index is 1470. The van der Waals surface area contributed by atoms with Crippen LogP contribution in [0.3, 0.4) is 0 Å². The highest BCUT2D eigenvalue weighted by Gasteiger charge is 2.34. The van der Waals surface area contributed by atoms with Crippen LogP contribution in [0.1, 0.15) is 44.7 Å². The molecule has 0 radical (unpaired) electrons. The second-order valence-corrected chi connectivity index (χ2v) is 12.9. The van der Waals surface area contributed by atoms with Crippen molar-refractivity contribution in [2.75, 3.05) is 10.8 Å². The van der Waals surface area contributed by atoms with Crippen molar-refractivity contribution in [3.05, 3.63) is 92.9 Å². The number of hydrogen-bond acceptors (Lipinski definition) is 4. The van der Waals surface area contributed by atoms with Gasteiger partial charge in [0.25, 0.3) is 10.0 Å². The Hall–Kier alpha value is -2.78. The van der Waals surface area contributed by atoms with E-state index in [9.17, 15) is 18.0 Å². The van der Waals surface area contributed by atoms with Crippen molar-refractivity contribution in [3.63, 3.8) is 0 Å². The van der Waals surface area contributed by atoms with Gasteiger partial charge in [0.15, 0.2) is 0 Å². The van der Waals surface area contributed by atoms with Crippen LogP contribution in [-0.2, 0) is 26.2 Å². The molecule has 220 valence electrons. The summed E-state index contributed by atoms with van der Waals surface area (Å²) in [4.78, 5) is 28.8. The van der Waals surface area contributed by atoms with Crippen LogP contribution in [0, 0.1) is 6.92 Å². The van der Waals surface area contributed by atoms with Gasteiger partial charge in [0.2, 0.25) is 11.8 Å². The molecule has 3 rings (SSSR count). The van der Waals surface area contributed by atoms with Gasteiger partial charge >= 0.3 is 0 Å². The van der Waals surface area contributed by atoms with Gasteiger partial charge in [-0.05, 0) is 74.7 Å². The molecule has 0 saturated carbocycles. The van der Waals surface area contributed by atoms with Crippen LogP contribution in [0.25, 0.3) is 0 Å². The number of nitrogens with zero attached hydrogens (tertiary/aromatic N) is 2. The normalized spacial score (nSPS) is 12.9. The number of benzene rings is 3. The molecule has 11 heteroatoms. The van der Waals surface area contributed by atoms with Gasteiger partial charge < -0.3 is 10.2 Å². The van der Waals surface area contributed by atoms with Crippen LogP contribution >= 0.6 is 34.8 Å². The molecular weight excluding hydrogens is 605 g/mol. The van der Waals surface area contributed by atoms with Crippen molar-refractivity contribution in [3.8, 4) is 0 Å². The lowest BCUT2D eigenvalue weighted by molar-refractivity contribution is -0.140. The topological polar surface area (TPSA) is 86.8 Å². The van der Waals surface area contributed by atoms with E-state index in [0.29, 0.717) is 17.9 Å². The average Bonchev–Trinajstić information content (AvgIpc) is 2.94. The number of anilines is 1. The molecule has 1 N–H and O–H groups in total. The highest BCUT2D eigenvalue weighted by atomic mass is 35.5. The van der Waals surface area contributed by atoms with Crippen molar-refractivity contribution >= 4 is 62.3 Å². The standard InChI is InChI=1S/C30H34Cl3N3O4S/c1-5-21(4)34-30(38)28(6-2)35(18-22-9-11-23(31)12-10-22)29(37)19-36(24-13-16-26(32)27(33)17-24)41(39,40)25-14-7-20(3)8-15-25/h7-17,21,28H,5-6,18-19H2,1-4H3,(H,34,38)/t21-,28+/m0/s1. The maximum atomic E-state index is 14.1. The quantitative estimate of drug-likeness (QED) is 0.235. The van der Waals surface area contributed by atoms with Crippen LogP contribution in [0.15, 0.2) is 71.6 Å². The fourth-order valence-electron chi connectivity index (χ4n) is 4.15. The number of rotatable bonds is 12. The van der Waals surface area contributed by atoms with Gasteiger partial charge in [0.05, 0.1) is 20.6 Å². The Morgan fingerprint density at radius 2 is 1.51 bits per heavy atom. The van der Waals surface area contributed by atoms with E-state index in [-0.39, 0.29) is 39.1 Å². The Labute approximate surface area is 257 Å². The van der Waals surface area contributed by atoms with E-state index in [0.717, 1.165) is 15.4 Å². The Balaban J connectivity index is 2.08. The van der Waals surface area contributed by atoms with Gasteiger partial charge in [0.1, 0.15) is 12.6 Å². The first-order chi connectivity index (χ1) is 19.4. The van der Waals surface area contributed by atoms with Gasteiger partial charge in [0, 0.05) is 17.6 Å². The molecule has 0 aromatic heterocycles. The van der Waals surface area contributed by atoms with Crippen LogP contribution in [-0.4, -0.2) is 43.8 Å². The summed E-state index contributed by atoms with van der Waals surface area (Å²) in [5.74, 6) is -0.875. The van der Waals surface area contributed by atoms with Crippen molar-refractivity contribution in [2.45, 2.75) is 64.1 Å². The molecular formula is C30H34Cl3N3O4S. The van der Waals surface area contributed by atoms with Gasteiger partial charge in [-0.1, -0.05) is 78.5 Å². The van der Waals surface area contributed by atoms with Crippen molar-refractivity contribution in [1.82, 2.24) is 10.2 Å². The maximum Gasteiger partial charge on any atom is 0.264 e. The number of aryl methyl sites for hydroxylation is 1. The first-order valence-electron chi connectivity index (χ1n) is 13.3. The third-order valence-electron chi connectivity index (χ3n) is 6.73. The minimum Gasteiger partial charge on any atom is -0.352 e. The molecule has 3 aromatic rings. The van der Waals surface area contributed by atoms with E-state index in [1.54, 1.807) is 36.4 Å². The van der Waals surface area contributed by atoms with Gasteiger partial charge in [-0.3, -0.25) is 13.9 Å². The van der Waals surface area contributed by atoms with Gasteiger partial charge in [-0.25, -0.2) is 8.42 Å². The summed E-state index contributed by atoms with van der Waals surface area (Å²) in [6, 6.07) is 16.7. The smallest absolute Gasteiger partial charge is 0.264 e. The predicted molar refractivity (Wildman–Crippen MR) is 166 cm³/mol. The number of sulfonamides is 1. The first-order valence-corrected chi connectivity index (χ1v) is 15.8. The fraction of sp³-hybridized carbons (Fsp3) is 0.333. The molecule has 0 aliphatic carbocycles. The monoisotopic (exact) mass is 637 g/mol. The van der Waals surface area contributed by atoms with E-state index in [1.807, 2.05) is 27.7 Å². The molecule has 0 aliphatic heterocycles. The van der Waals surface area contributed by atoms with Crippen LogP contribution in [0.2, 0.25) is 15.1 Å². The number of carbonyl (C=O) groups is 2. The average molecular weight is 639 g/mol. The fourth-order valence-corrected chi connectivity index (χ4v) is 5.98. The Morgan fingerprint density at radius 3 is 2.07 bits per heavy atom. The molecule has 0 heterocycles. The molecule has 2 amide bonds. The summed E-state index contributed by atoms with van der Waals surface area (Å²) in [5.41, 5.74) is 1.78. The number of hydrogen-bond donors (Lipinski definition) is 1. The van der Waals surface area contributed by atoms with Gasteiger partial charge in [-0.15, -0.1) is 0 Å². The SMILES string of the molecule is CC[C@H](C(=O)N[C@@H](C)CC)N(Cc1ccc(Cl)cc1)C(=O)CN(c1ccc(Cl)c(Cl)c1)S(=O)(=O)c1ccc(C)cc1. The van der Waals surface area contributed by atoms with E-state index in [2.05, 4.69) is 5.32 Å². The minimum absolute atomic E-state index is 0.00720. The first kappa shape index (κ1) is 32.7. The zero-order valence-electron chi connectivity index (χ0n) is 23.4. The van der Waals surface area contributed by atoms with Crippen LogP contribution < -0.4 is 9.62 Å². The summed E-state index contributed by atoms with van der Waals surface area (Å²) in [7, 11) is -4.22. The van der Waals surface area contributed by atoms with Gasteiger partial charge in [-0.2, -0.15) is 0 Å². The van der Waals surface area contributed by atoms with E-state index < -0.39 is 28.5 Å². The van der Waals surface area contributed by atoms with Crippen molar-refractivity contribution in [2.24, 2.45) is 0 Å². The molecule has 3 aromatic carbocycles. The largest absolute Gasteiger partial charge is 0.352 e. The predicted octanol–water partition coefficient (Wildman–Crippen LogP) is 6.87. The Kier molecular flexibility index (Phi) is 11.5. The molecule has 0 unspecified atom stereocenters. The summed E-state index contributed by atoms with van der Waals surface area (Å²) in [6.45, 7) is 6.99. The lowest BCUT2D eigenvalue weighted by Gasteiger charge is -2.33. The third-order valence-corrected chi connectivity index (χ3v) is 9.51. The zero-order chi connectivity index (χ0) is 30.3. The molecule has 0 saturated heterocycles. The summed E-state index contributed by atoms with van der Waals surface area (Å²) < 4.78 is 28.9. The van der Waals surface area contributed by atoms with Crippen molar-refractivity contribution in [1.29, 1.82) is 0 Å². The summed E-state index contributed by atoms with van der Waals surface area (Å²) >= 11 is 18.4. The second kappa shape index (κ2) is 14.4. The molecule has 0 bridgehead atoms. The molecule has 0 aliphatic rings. The number of carbonyl (C=O) groups excluding carboxylic acids is 2.